The maximum absolute atomic E-state index is 4.84. The first-order chi connectivity index (χ1) is 10.8. The Kier molecular flexibility index (Phi) is 9.55. The molecule has 0 aliphatic carbocycles. The van der Waals surface area contributed by atoms with Gasteiger partial charge in [0.25, 0.3) is 0 Å². The molecule has 1 aliphatic heterocycles. The normalized spacial score (nSPS) is 13.9. The fraction of sp³-hybridized carbons (Fsp3) is 0.611. The largest absolute Gasteiger partial charge is 0.356 e. The van der Waals surface area contributed by atoms with Gasteiger partial charge in [0, 0.05) is 25.3 Å². The second kappa shape index (κ2) is 10.9. The van der Waals surface area contributed by atoms with Gasteiger partial charge >= 0.3 is 0 Å². The Hall–Kier alpha value is -0.820. The highest BCUT2D eigenvalue weighted by molar-refractivity contribution is 14.0. The molecule has 1 aromatic rings. The number of anilines is 1. The minimum atomic E-state index is 0. The summed E-state index contributed by atoms with van der Waals surface area (Å²) in [6.45, 7) is 12.8. The number of aliphatic imine (C=N–C) groups is 1. The van der Waals surface area contributed by atoms with E-state index in [1.54, 1.807) is 0 Å². The van der Waals surface area contributed by atoms with Gasteiger partial charge in [-0.3, -0.25) is 4.99 Å². The first-order valence-corrected chi connectivity index (χ1v) is 8.66. The molecule has 0 amide bonds. The Balaban J connectivity index is 0.00000264. The van der Waals surface area contributed by atoms with E-state index in [9.17, 15) is 0 Å². The molecule has 0 bridgehead atoms. The van der Waals surface area contributed by atoms with Crippen LogP contribution in [-0.4, -0.2) is 50.1 Å². The van der Waals surface area contributed by atoms with Gasteiger partial charge in [-0.2, -0.15) is 0 Å². The highest BCUT2D eigenvalue weighted by Gasteiger charge is 2.22. The van der Waals surface area contributed by atoms with Crippen LogP contribution in [0.3, 0.4) is 0 Å². The van der Waals surface area contributed by atoms with E-state index in [1.807, 2.05) is 0 Å². The van der Waals surface area contributed by atoms with E-state index in [0.29, 0.717) is 0 Å². The third-order valence-electron chi connectivity index (χ3n) is 4.27. The maximum Gasteiger partial charge on any atom is 0.198 e. The van der Waals surface area contributed by atoms with Gasteiger partial charge in [-0.05, 0) is 51.0 Å². The van der Waals surface area contributed by atoms with Crippen LogP contribution in [-0.2, 0) is 6.42 Å². The average molecular weight is 430 g/mol. The van der Waals surface area contributed by atoms with Crippen molar-refractivity contribution < 1.29 is 0 Å². The summed E-state index contributed by atoms with van der Waals surface area (Å²) in [5.41, 5.74) is 2.74. The molecular formula is C18H31IN4. The van der Waals surface area contributed by atoms with E-state index >= 15 is 0 Å². The molecule has 2 rings (SSSR count). The Labute approximate surface area is 158 Å². The highest BCUT2D eigenvalue weighted by atomic mass is 127. The third-order valence-corrected chi connectivity index (χ3v) is 4.27. The number of nitrogens with zero attached hydrogens (tertiary/aromatic N) is 3. The van der Waals surface area contributed by atoms with Crippen molar-refractivity contribution in [2.24, 2.45) is 4.99 Å². The Bertz CT molecular complexity index is 486. The molecule has 0 aromatic heterocycles. The smallest absolute Gasteiger partial charge is 0.198 e. The van der Waals surface area contributed by atoms with Crippen molar-refractivity contribution in [2.45, 2.75) is 33.6 Å². The van der Waals surface area contributed by atoms with Gasteiger partial charge in [0.15, 0.2) is 5.96 Å². The van der Waals surface area contributed by atoms with Gasteiger partial charge in [0.2, 0.25) is 0 Å². The molecule has 0 saturated carbocycles. The zero-order valence-electron chi connectivity index (χ0n) is 14.7. The summed E-state index contributed by atoms with van der Waals surface area (Å²) in [6, 6.07) is 8.65. The first-order valence-electron chi connectivity index (χ1n) is 8.66. The lowest BCUT2D eigenvalue weighted by molar-refractivity contribution is 0.302. The van der Waals surface area contributed by atoms with Crippen molar-refractivity contribution in [3.63, 3.8) is 0 Å². The van der Waals surface area contributed by atoms with Gasteiger partial charge < -0.3 is 15.1 Å². The van der Waals surface area contributed by atoms with Crippen molar-refractivity contribution in [3.05, 3.63) is 29.8 Å². The van der Waals surface area contributed by atoms with Crippen molar-refractivity contribution in [3.8, 4) is 0 Å². The van der Waals surface area contributed by atoms with Crippen LogP contribution in [0.1, 0.15) is 32.8 Å². The lowest BCUT2D eigenvalue weighted by Crippen LogP contribution is -2.40. The number of para-hydroxylation sites is 1. The summed E-state index contributed by atoms with van der Waals surface area (Å²) >= 11 is 0. The Morgan fingerprint density at radius 3 is 2.65 bits per heavy atom. The zero-order valence-corrected chi connectivity index (χ0v) is 17.0. The lowest BCUT2D eigenvalue weighted by atomic mass is 10.2. The third kappa shape index (κ3) is 5.64. The molecule has 1 heterocycles. The summed E-state index contributed by atoms with van der Waals surface area (Å²) in [5.74, 6) is 1.03. The number of hydrogen-bond acceptors (Lipinski definition) is 2. The number of hydrogen-bond donors (Lipinski definition) is 1. The van der Waals surface area contributed by atoms with E-state index < -0.39 is 0 Å². The predicted octanol–water partition coefficient (Wildman–Crippen LogP) is 3.36. The van der Waals surface area contributed by atoms with Crippen LogP contribution in [0.5, 0.6) is 0 Å². The van der Waals surface area contributed by atoms with E-state index in [0.717, 1.165) is 58.1 Å². The van der Waals surface area contributed by atoms with Crippen LogP contribution in [0.4, 0.5) is 5.69 Å². The van der Waals surface area contributed by atoms with Crippen molar-refractivity contribution >= 4 is 35.6 Å². The summed E-state index contributed by atoms with van der Waals surface area (Å²) in [7, 11) is 0. The minimum absolute atomic E-state index is 0. The second-order valence-electron chi connectivity index (χ2n) is 5.65. The molecule has 0 atom stereocenters. The Morgan fingerprint density at radius 1 is 1.22 bits per heavy atom. The van der Waals surface area contributed by atoms with Crippen molar-refractivity contribution in [2.75, 3.05) is 44.2 Å². The molecule has 23 heavy (non-hydrogen) atoms. The topological polar surface area (TPSA) is 30.9 Å². The van der Waals surface area contributed by atoms with Gasteiger partial charge in [0.1, 0.15) is 0 Å². The summed E-state index contributed by atoms with van der Waals surface area (Å²) < 4.78 is 0. The van der Waals surface area contributed by atoms with Crippen LogP contribution in [0.25, 0.3) is 0 Å². The molecule has 0 radical (unpaired) electrons. The quantitative estimate of drug-likeness (QED) is 0.312. The molecule has 5 heteroatoms. The number of rotatable bonds is 7. The number of halogens is 1. The molecule has 0 spiro atoms. The fourth-order valence-corrected chi connectivity index (χ4v) is 2.97. The molecule has 0 fully saturated rings. The molecule has 0 unspecified atom stereocenters. The van der Waals surface area contributed by atoms with Gasteiger partial charge in [-0.15, -0.1) is 24.0 Å². The van der Waals surface area contributed by atoms with Crippen LogP contribution in [0.15, 0.2) is 29.3 Å². The monoisotopic (exact) mass is 430 g/mol. The SMILES string of the molecule is CCNC(=NCCCN(CC)CC)N1CCc2ccccc21.I. The van der Waals surface area contributed by atoms with Gasteiger partial charge in [-0.1, -0.05) is 32.0 Å². The fourth-order valence-electron chi connectivity index (χ4n) is 2.97. The minimum Gasteiger partial charge on any atom is -0.356 e. The zero-order chi connectivity index (χ0) is 15.8. The molecule has 130 valence electrons. The first kappa shape index (κ1) is 20.2. The van der Waals surface area contributed by atoms with E-state index in [2.05, 4.69) is 60.2 Å². The number of nitrogens with one attached hydrogen (secondary N) is 1. The van der Waals surface area contributed by atoms with Crippen LogP contribution in [0, 0.1) is 0 Å². The van der Waals surface area contributed by atoms with Crippen molar-refractivity contribution in [1.29, 1.82) is 0 Å². The van der Waals surface area contributed by atoms with Crippen molar-refractivity contribution in [1.82, 2.24) is 10.2 Å². The molecular weight excluding hydrogens is 399 g/mol. The average Bonchev–Trinajstić information content (AvgIpc) is 2.98. The lowest BCUT2D eigenvalue weighted by Gasteiger charge is -2.22. The van der Waals surface area contributed by atoms with Crippen LogP contribution >= 0.6 is 24.0 Å². The second-order valence-corrected chi connectivity index (χ2v) is 5.65. The molecule has 4 nitrogen and oxygen atoms in total. The molecule has 1 aromatic carbocycles. The summed E-state index contributed by atoms with van der Waals surface area (Å²) in [4.78, 5) is 9.62. The molecule has 1 aliphatic rings. The number of guanidine groups is 1. The molecule has 1 N–H and O–H groups in total. The number of benzene rings is 1. The van der Waals surface area contributed by atoms with Gasteiger partial charge in [0.05, 0.1) is 0 Å². The number of fused-ring (bicyclic) bond motifs is 1. The van der Waals surface area contributed by atoms with E-state index in [1.165, 1.54) is 11.3 Å². The van der Waals surface area contributed by atoms with Gasteiger partial charge in [-0.25, -0.2) is 0 Å². The predicted molar refractivity (Wildman–Crippen MR) is 111 cm³/mol. The van der Waals surface area contributed by atoms with E-state index in [4.69, 9.17) is 4.99 Å². The standard InChI is InChI=1S/C18H30N4.HI/c1-4-19-18(20-13-9-14-21(5-2)6-3)22-15-12-16-10-7-8-11-17(16)22;/h7-8,10-11H,4-6,9,12-15H2,1-3H3,(H,19,20);1H. The molecule has 0 saturated heterocycles. The summed E-state index contributed by atoms with van der Waals surface area (Å²) in [5, 5.41) is 3.44. The maximum atomic E-state index is 4.84. The van der Waals surface area contributed by atoms with E-state index in [-0.39, 0.29) is 24.0 Å². The van der Waals surface area contributed by atoms with Crippen LogP contribution in [0.2, 0.25) is 0 Å². The van der Waals surface area contributed by atoms with Crippen LogP contribution < -0.4 is 10.2 Å². The summed E-state index contributed by atoms with van der Waals surface area (Å²) in [6.07, 6.45) is 2.23. The highest BCUT2D eigenvalue weighted by Crippen LogP contribution is 2.27. The Morgan fingerprint density at radius 2 is 1.96 bits per heavy atom.